The lowest BCUT2D eigenvalue weighted by Gasteiger charge is -2.40. The second kappa shape index (κ2) is 9.55. The first kappa shape index (κ1) is 23.1. The van der Waals surface area contributed by atoms with Crippen LogP contribution in [0.5, 0.6) is 0 Å². The van der Waals surface area contributed by atoms with E-state index in [9.17, 15) is 24.8 Å². The van der Waals surface area contributed by atoms with Crippen molar-refractivity contribution < 1.29 is 19.6 Å². The summed E-state index contributed by atoms with van der Waals surface area (Å²) in [6.07, 6.45) is 8.29. The van der Waals surface area contributed by atoms with Crippen LogP contribution in [-0.2, 0) is 16.1 Å². The van der Waals surface area contributed by atoms with Gasteiger partial charge >= 0.3 is 0 Å². The minimum Gasteiger partial charge on any atom is -0.386 e. The molecule has 1 fully saturated rings. The number of amides is 2. The van der Waals surface area contributed by atoms with Gasteiger partial charge < -0.3 is 5.11 Å². The highest BCUT2D eigenvalue weighted by Crippen LogP contribution is 2.33. The van der Waals surface area contributed by atoms with Gasteiger partial charge in [-0.3, -0.25) is 29.6 Å². The number of likely N-dealkylation sites (tertiary alicyclic amines) is 1. The summed E-state index contributed by atoms with van der Waals surface area (Å²) in [5.41, 5.74) is 1.46. The molecule has 3 heterocycles. The molecule has 3 aromatic rings. The predicted molar refractivity (Wildman–Crippen MR) is 129 cm³/mol. The minimum absolute atomic E-state index is 0.0304. The van der Waals surface area contributed by atoms with Crippen LogP contribution in [-0.4, -0.2) is 59.8 Å². The van der Waals surface area contributed by atoms with E-state index in [1.807, 2.05) is 30.3 Å². The van der Waals surface area contributed by atoms with Gasteiger partial charge in [-0.2, -0.15) is 0 Å². The van der Waals surface area contributed by atoms with Crippen LogP contribution in [0.1, 0.15) is 11.1 Å². The van der Waals surface area contributed by atoms with Gasteiger partial charge in [-0.25, -0.2) is 4.68 Å². The van der Waals surface area contributed by atoms with Gasteiger partial charge in [0.1, 0.15) is 18.7 Å². The summed E-state index contributed by atoms with van der Waals surface area (Å²) in [7, 11) is 0. The number of imide groups is 1. The number of carbonyl (C=O) groups excluding carboxylic acids is 2. The maximum Gasteiger partial charge on any atom is 0.269 e. The van der Waals surface area contributed by atoms with E-state index in [2.05, 4.69) is 10.2 Å². The number of nitrogens with zero attached hydrogens (tertiary/aromatic N) is 6. The zero-order valence-corrected chi connectivity index (χ0v) is 18.9. The summed E-state index contributed by atoms with van der Waals surface area (Å²) in [5.74, 6) is -1.40. The van der Waals surface area contributed by atoms with Crippen molar-refractivity contribution in [3.8, 4) is 0 Å². The quantitative estimate of drug-likeness (QED) is 0.231. The second-order valence-corrected chi connectivity index (χ2v) is 8.51. The first-order valence-corrected chi connectivity index (χ1v) is 11.3. The SMILES string of the molecule is O=C1C2C=CC(C(O)C=Cc3ccc([N+](=O)[O-])cc3)N(n3cnnc3)C2C(=O)N1Cc1ccccc1. The Kier molecular flexibility index (Phi) is 6.13. The molecule has 0 bridgehead atoms. The minimum atomic E-state index is -1.08. The van der Waals surface area contributed by atoms with Crippen LogP contribution in [0.3, 0.4) is 0 Å². The van der Waals surface area contributed by atoms with Crippen LogP contribution in [0.15, 0.2) is 85.5 Å². The zero-order valence-electron chi connectivity index (χ0n) is 18.9. The molecule has 182 valence electrons. The first-order valence-electron chi connectivity index (χ1n) is 11.3. The predicted octanol–water partition coefficient (Wildman–Crippen LogP) is 1.69. The third-order valence-corrected chi connectivity index (χ3v) is 6.31. The van der Waals surface area contributed by atoms with Gasteiger partial charge in [-0.15, -0.1) is 10.2 Å². The third-order valence-electron chi connectivity index (χ3n) is 6.31. The topological polar surface area (TPSA) is 135 Å². The number of aliphatic hydroxyl groups is 1. The van der Waals surface area contributed by atoms with E-state index in [1.54, 1.807) is 35.4 Å². The van der Waals surface area contributed by atoms with Crippen molar-refractivity contribution in [3.05, 3.63) is 107 Å². The van der Waals surface area contributed by atoms with Crippen molar-refractivity contribution in [2.75, 3.05) is 5.01 Å². The molecule has 0 aliphatic carbocycles. The number of hydrogen-bond donors (Lipinski definition) is 1. The Morgan fingerprint density at radius 1 is 1.00 bits per heavy atom. The summed E-state index contributed by atoms with van der Waals surface area (Å²) in [4.78, 5) is 38.3. The molecular weight excluding hydrogens is 464 g/mol. The molecule has 5 rings (SSSR count). The van der Waals surface area contributed by atoms with Crippen LogP contribution < -0.4 is 5.01 Å². The van der Waals surface area contributed by atoms with Crippen LogP contribution in [0.25, 0.3) is 6.08 Å². The molecule has 1 aromatic heterocycles. The van der Waals surface area contributed by atoms with E-state index in [0.717, 1.165) is 5.56 Å². The second-order valence-electron chi connectivity index (χ2n) is 8.51. The zero-order chi connectivity index (χ0) is 25.2. The monoisotopic (exact) mass is 486 g/mol. The van der Waals surface area contributed by atoms with Crippen LogP contribution in [0.4, 0.5) is 5.69 Å². The molecule has 0 radical (unpaired) electrons. The highest BCUT2D eigenvalue weighted by atomic mass is 16.6. The van der Waals surface area contributed by atoms with Crippen molar-refractivity contribution in [2.24, 2.45) is 5.92 Å². The molecule has 4 atom stereocenters. The molecule has 1 N–H and O–H groups in total. The van der Waals surface area contributed by atoms with Crippen molar-refractivity contribution in [2.45, 2.75) is 24.7 Å². The fourth-order valence-corrected chi connectivity index (χ4v) is 4.54. The number of fused-ring (bicyclic) bond motifs is 1. The molecule has 1 saturated heterocycles. The number of non-ortho nitro benzene ring substituents is 1. The van der Waals surface area contributed by atoms with Crippen LogP contribution >= 0.6 is 0 Å². The normalized spacial score (nSPS) is 22.3. The molecule has 11 heteroatoms. The van der Waals surface area contributed by atoms with Gasteiger partial charge in [0.2, 0.25) is 5.91 Å². The smallest absolute Gasteiger partial charge is 0.269 e. The van der Waals surface area contributed by atoms with E-state index in [0.29, 0.717) is 5.56 Å². The summed E-state index contributed by atoms with van der Waals surface area (Å²) in [6, 6.07) is 13.6. The molecule has 0 saturated carbocycles. The molecule has 11 nitrogen and oxygen atoms in total. The van der Waals surface area contributed by atoms with Crippen LogP contribution in [0, 0.1) is 16.0 Å². The van der Waals surface area contributed by atoms with Crippen LogP contribution in [0.2, 0.25) is 0 Å². The maximum atomic E-state index is 13.5. The Balaban J connectivity index is 1.42. The maximum absolute atomic E-state index is 13.5. The Morgan fingerprint density at radius 2 is 1.69 bits per heavy atom. The summed E-state index contributed by atoms with van der Waals surface area (Å²) in [5, 5.41) is 31.2. The average Bonchev–Trinajstić information content (AvgIpc) is 3.51. The van der Waals surface area contributed by atoms with Gasteiger partial charge in [0, 0.05) is 12.1 Å². The summed E-state index contributed by atoms with van der Waals surface area (Å²) in [6.45, 7) is 0.155. The molecule has 4 unspecified atom stereocenters. The number of carbonyl (C=O) groups is 2. The van der Waals surface area contributed by atoms with Gasteiger partial charge in [-0.1, -0.05) is 54.6 Å². The fourth-order valence-electron chi connectivity index (χ4n) is 4.54. The van der Waals surface area contributed by atoms with E-state index >= 15 is 0 Å². The molecule has 36 heavy (non-hydrogen) atoms. The van der Waals surface area contributed by atoms with Gasteiger partial charge in [0.05, 0.1) is 29.5 Å². The highest BCUT2D eigenvalue weighted by molar-refractivity contribution is 6.09. The Bertz CT molecular complexity index is 1320. The van der Waals surface area contributed by atoms with E-state index in [1.165, 1.54) is 40.4 Å². The number of nitro groups is 1. The molecular formula is C25H22N6O5. The van der Waals surface area contributed by atoms with Crippen molar-refractivity contribution in [1.82, 2.24) is 19.8 Å². The van der Waals surface area contributed by atoms with Gasteiger partial charge in [0.25, 0.3) is 11.6 Å². The van der Waals surface area contributed by atoms with Crippen molar-refractivity contribution in [1.29, 1.82) is 0 Å². The largest absolute Gasteiger partial charge is 0.386 e. The standard InChI is InChI=1S/C25H22N6O5/c32-22(13-8-17-6-9-19(10-7-17)31(35)36)21-12-11-20-23(30(21)28-15-26-27-16-28)25(34)29(24(20)33)14-18-4-2-1-3-5-18/h1-13,15-16,20-23,32H,14H2. The lowest BCUT2D eigenvalue weighted by Crippen LogP contribution is -2.59. The lowest BCUT2D eigenvalue weighted by molar-refractivity contribution is -0.384. The molecule has 2 aliphatic rings. The molecule has 0 spiro atoms. The Labute approximate surface area is 205 Å². The van der Waals surface area contributed by atoms with E-state index in [4.69, 9.17) is 0 Å². The average molecular weight is 486 g/mol. The lowest BCUT2D eigenvalue weighted by atomic mass is 9.92. The molecule has 2 aliphatic heterocycles. The number of rotatable bonds is 7. The first-order chi connectivity index (χ1) is 17.4. The number of benzene rings is 2. The third kappa shape index (κ3) is 4.27. The van der Waals surface area contributed by atoms with Gasteiger partial charge in [-0.05, 0) is 23.3 Å². The van der Waals surface area contributed by atoms with Gasteiger partial charge in [0.15, 0.2) is 0 Å². The summed E-state index contributed by atoms with van der Waals surface area (Å²) < 4.78 is 1.51. The van der Waals surface area contributed by atoms with E-state index in [-0.39, 0.29) is 24.0 Å². The summed E-state index contributed by atoms with van der Waals surface area (Å²) >= 11 is 0. The number of aromatic nitrogens is 3. The Morgan fingerprint density at radius 3 is 2.36 bits per heavy atom. The number of aliphatic hydroxyl groups excluding tert-OH is 1. The number of nitro benzene ring substituents is 1. The fraction of sp³-hybridized carbons (Fsp3) is 0.200. The highest BCUT2D eigenvalue weighted by Gasteiger charge is 2.53. The number of hydrogen-bond acceptors (Lipinski definition) is 8. The Hall–Kier alpha value is -4.64. The molecule has 2 amide bonds. The van der Waals surface area contributed by atoms with E-state index < -0.39 is 29.0 Å². The molecule has 2 aromatic carbocycles. The van der Waals surface area contributed by atoms with Crippen molar-refractivity contribution in [3.63, 3.8) is 0 Å². The van der Waals surface area contributed by atoms with Crippen molar-refractivity contribution >= 4 is 23.6 Å².